The van der Waals surface area contributed by atoms with Gasteiger partial charge in [-0.1, -0.05) is 30.5 Å². The molecule has 0 bridgehead atoms. The Bertz CT molecular complexity index is 1210. The predicted octanol–water partition coefficient (Wildman–Crippen LogP) is 4.25. The Morgan fingerprint density at radius 2 is 1.49 bits per heavy atom. The highest BCUT2D eigenvalue weighted by Gasteiger charge is 2.49. The number of esters is 1. The highest BCUT2D eigenvalue weighted by Crippen LogP contribution is 2.41. The molecule has 2 aromatic carbocycles. The Hall–Kier alpha value is -3.48. The number of rotatable bonds is 4. The Morgan fingerprint density at radius 3 is 2.11 bits per heavy atom. The number of aryl methyl sites for hydroxylation is 3. The van der Waals surface area contributed by atoms with E-state index in [9.17, 15) is 19.2 Å². The van der Waals surface area contributed by atoms with Crippen molar-refractivity contribution in [1.82, 2.24) is 0 Å². The Morgan fingerprint density at radius 1 is 0.857 bits per heavy atom. The van der Waals surface area contributed by atoms with Crippen molar-refractivity contribution < 1.29 is 23.9 Å². The molecule has 0 N–H and O–H groups in total. The van der Waals surface area contributed by atoms with Crippen LogP contribution in [-0.2, 0) is 19.2 Å². The molecular weight excluding hydrogens is 444 g/mol. The summed E-state index contributed by atoms with van der Waals surface area (Å²) < 4.78 is 5.62. The van der Waals surface area contributed by atoms with Crippen LogP contribution in [0.15, 0.2) is 36.4 Å². The number of fused-ring (bicyclic) bond motifs is 1. The zero-order chi connectivity index (χ0) is 24.9. The minimum atomic E-state index is -0.562. The first-order chi connectivity index (χ1) is 16.7. The van der Waals surface area contributed by atoms with Crippen LogP contribution in [0.5, 0.6) is 5.75 Å². The standard InChI is InChI=1S/C28H30N2O5/c1-16-8-10-23(17(2)12-16)29-15-19(14-25(29)31)28(34)35-20-9-11-24(18(3)13-20)30-26(32)21-6-4-5-7-22(21)27(30)33/h8-13,19,21-22H,4-7,14-15H2,1-3H3/t19-,21-,22+/m0/s1. The quantitative estimate of drug-likeness (QED) is 0.376. The van der Waals surface area contributed by atoms with Gasteiger partial charge in [-0.25, -0.2) is 4.90 Å². The van der Waals surface area contributed by atoms with E-state index < -0.39 is 11.9 Å². The summed E-state index contributed by atoms with van der Waals surface area (Å²) in [6, 6.07) is 10.8. The van der Waals surface area contributed by atoms with Gasteiger partial charge in [-0.3, -0.25) is 19.2 Å². The average Bonchev–Trinajstić information content (AvgIpc) is 3.32. The first-order valence-electron chi connectivity index (χ1n) is 12.3. The maximum atomic E-state index is 12.9. The third kappa shape index (κ3) is 4.13. The number of nitrogens with zero attached hydrogens (tertiary/aromatic N) is 2. The molecule has 2 aromatic rings. The van der Waals surface area contributed by atoms with Gasteiger partial charge >= 0.3 is 5.97 Å². The van der Waals surface area contributed by atoms with Crippen molar-refractivity contribution in [1.29, 1.82) is 0 Å². The van der Waals surface area contributed by atoms with Crippen molar-refractivity contribution >= 4 is 35.1 Å². The first kappa shape index (κ1) is 23.3. The number of ether oxygens (including phenoxy) is 1. The molecular formula is C28H30N2O5. The second-order valence-corrected chi connectivity index (χ2v) is 10.1. The second-order valence-electron chi connectivity index (χ2n) is 10.1. The normalized spacial score (nSPS) is 24.2. The summed E-state index contributed by atoms with van der Waals surface area (Å²) in [5, 5.41) is 0. The predicted molar refractivity (Wildman–Crippen MR) is 131 cm³/mol. The zero-order valence-electron chi connectivity index (χ0n) is 20.4. The molecule has 2 saturated heterocycles. The summed E-state index contributed by atoms with van der Waals surface area (Å²) >= 11 is 0. The van der Waals surface area contributed by atoms with Gasteiger partial charge in [0.15, 0.2) is 0 Å². The lowest BCUT2D eigenvalue weighted by molar-refractivity contribution is -0.139. The van der Waals surface area contributed by atoms with E-state index in [1.54, 1.807) is 30.0 Å². The van der Waals surface area contributed by atoms with Crippen molar-refractivity contribution in [3.8, 4) is 5.75 Å². The molecule has 35 heavy (non-hydrogen) atoms. The minimum absolute atomic E-state index is 0.0991. The molecule has 2 aliphatic heterocycles. The molecule has 5 rings (SSSR count). The monoisotopic (exact) mass is 474 g/mol. The van der Waals surface area contributed by atoms with Gasteiger partial charge in [-0.2, -0.15) is 0 Å². The van der Waals surface area contributed by atoms with Crippen molar-refractivity contribution in [2.24, 2.45) is 17.8 Å². The van der Waals surface area contributed by atoms with Crippen molar-refractivity contribution in [3.05, 3.63) is 53.1 Å². The molecule has 0 aromatic heterocycles. The summed E-state index contributed by atoms with van der Waals surface area (Å²) in [6.07, 6.45) is 3.58. The topological polar surface area (TPSA) is 84.0 Å². The second kappa shape index (κ2) is 8.95. The van der Waals surface area contributed by atoms with Gasteiger partial charge in [-0.15, -0.1) is 0 Å². The lowest BCUT2D eigenvalue weighted by atomic mass is 9.81. The highest BCUT2D eigenvalue weighted by atomic mass is 16.5. The van der Waals surface area contributed by atoms with Crippen molar-refractivity contribution in [3.63, 3.8) is 0 Å². The van der Waals surface area contributed by atoms with E-state index in [2.05, 4.69) is 0 Å². The Kier molecular flexibility index (Phi) is 5.95. The molecule has 1 aliphatic carbocycles. The molecule has 3 aliphatic rings. The number of hydrogen-bond donors (Lipinski definition) is 0. The molecule has 0 spiro atoms. The van der Waals surface area contributed by atoms with Crippen molar-refractivity contribution in [2.45, 2.75) is 52.9 Å². The van der Waals surface area contributed by atoms with Crippen LogP contribution >= 0.6 is 0 Å². The molecule has 7 nitrogen and oxygen atoms in total. The van der Waals surface area contributed by atoms with Gasteiger partial charge in [0, 0.05) is 18.7 Å². The average molecular weight is 475 g/mol. The van der Waals surface area contributed by atoms with Crippen LogP contribution in [0.2, 0.25) is 0 Å². The van der Waals surface area contributed by atoms with Gasteiger partial charge in [-0.05, 0) is 69.0 Å². The summed E-state index contributed by atoms with van der Waals surface area (Å²) in [6.45, 7) is 6.03. The summed E-state index contributed by atoms with van der Waals surface area (Å²) in [5.41, 5.74) is 4.16. The SMILES string of the molecule is Cc1ccc(N2C[C@@H](C(=O)Oc3ccc(N4C(=O)[C@H]5CCCC[C@H]5C4=O)c(C)c3)CC2=O)c(C)c1. The van der Waals surface area contributed by atoms with Gasteiger partial charge in [0.05, 0.1) is 23.4 Å². The molecule has 3 fully saturated rings. The number of hydrogen-bond acceptors (Lipinski definition) is 5. The third-order valence-corrected chi connectivity index (χ3v) is 7.57. The van der Waals surface area contributed by atoms with E-state index in [-0.39, 0.29) is 42.5 Å². The number of amides is 3. The van der Waals surface area contributed by atoms with Crippen LogP contribution in [-0.4, -0.2) is 30.2 Å². The van der Waals surface area contributed by atoms with E-state index in [0.29, 0.717) is 17.0 Å². The first-order valence-corrected chi connectivity index (χ1v) is 12.3. The fraction of sp³-hybridized carbons (Fsp3) is 0.429. The number of carbonyl (C=O) groups excluding carboxylic acids is 4. The van der Waals surface area contributed by atoms with Gasteiger partial charge in [0.25, 0.3) is 0 Å². The number of benzene rings is 2. The molecule has 0 radical (unpaired) electrons. The minimum Gasteiger partial charge on any atom is -0.426 e. The summed E-state index contributed by atoms with van der Waals surface area (Å²) in [5.74, 6) is -1.46. The van der Waals surface area contributed by atoms with E-state index in [1.807, 2.05) is 32.0 Å². The van der Waals surface area contributed by atoms with E-state index in [1.165, 1.54) is 4.90 Å². The highest BCUT2D eigenvalue weighted by molar-refractivity contribution is 6.22. The fourth-order valence-electron chi connectivity index (χ4n) is 5.75. The fourth-order valence-corrected chi connectivity index (χ4v) is 5.75. The Labute approximate surface area is 205 Å². The van der Waals surface area contributed by atoms with Crippen LogP contribution in [0.3, 0.4) is 0 Å². The largest absolute Gasteiger partial charge is 0.426 e. The maximum absolute atomic E-state index is 12.9. The van der Waals surface area contributed by atoms with Crippen molar-refractivity contribution in [2.75, 3.05) is 16.3 Å². The summed E-state index contributed by atoms with van der Waals surface area (Å²) in [4.78, 5) is 54.4. The van der Waals surface area contributed by atoms with Crippen LogP contribution in [0, 0.1) is 38.5 Å². The maximum Gasteiger partial charge on any atom is 0.316 e. The Balaban J connectivity index is 1.28. The summed E-state index contributed by atoms with van der Waals surface area (Å²) in [7, 11) is 0. The molecule has 0 unspecified atom stereocenters. The van der Waals surface area contributed by atoms with Gasteiger partial charge in [0.1, 0.15) is 5.75 Å². The molecule has 1 saturated carbocycles. The lowest BCUT2D eigenvalue weighted by Gasteiger charge is -2.20. The van der Waals surface area contributed by atoms with Crippen LogP contribution in [0.4, 0.5) is 11.4 Å². The van der Waals surface area contributed by atoms with E-state index in [0.717, 1.165) is 42.5 Å². The molecule has 3 amide bonds. The van der Waals surface area contributed by atoms with E-state index in [4.69, 9.17) is 4.74 Å². The lowest BCUT2D eigenvalue weighted by Crippen LogP contribution is -2.31. The zero-order valence-corrected chi connectivity index (χ0v) is 20.4. The molecule has 7 heteroatoms. The molecule has 3 atom stereocenters. The number of anilines is 2. The third-order valence-electron chi connectivity index (χ3n) is 7.57. The number of carbonyl (C=O) groups is 4. The molecule has 2 heterocycles. The van der Waals surface area contributed by atoms with E-state index >= 15 is 0 Å². The van der Waals surface area contributed by atoms with Crippen LogP contribution in [0.1, 0.15) is 48.8 Å². The van der Waals surface area contributed by atoms with Crippen LogP contribution < -0.4 is 14.5 Å². The smallest absolute Gasteiger partial charge is 0.316 e. The van der Waals surface area contributed by atoms with Crippen LogP contribution in [0.25, 0.3) is 0 Å². The number of imide groups is 1. The van der Waals surface area contributed by atoms with Gasteiger partial charge in [0.2, 0.25) is 17.7 Å². The van der Waals surface area contributed by atoms with Gasteiger partial charge < -0.3 is 9.64 Å². The molecule has 182 valence electrons.